The Morgan fingerprint density at radius 3 is 2.15 bits per heavy atom. The van der Waals surface area contributed by atoms with E-state index in [1.807, 2.05) is 12.1 Å². The molecule has 0 saturated heterocycles. The molecule has 308 valence electrons. The fourth-order valence-electron chi connectivity index (χ4n) is 11.0. The van der Waals surface area contributed by atoms with Crippen molar-refractivity contribution in [3.63, 3.8) is 0 Å². The number of allylic oxidation sites excluding steroid dienone is 3. The Balaban J connectivity index is 0.908. The lowest BCUT2D eigenvalue weighted by molar-refractivity contribution is 0.244. The van der Waals surface area contributed by atoms with Gasteiger partial charge in [0.05, 0.1) is 28.1 Å². The number of para-hydroxylation sites is 6. The van der Waals surface area contributed by atoms with E-state index >= 15 is 0 Å². The molecule has 1 aliphatic heterocycles. The molecule has 0 radical (unpaired) electrons. The largest absolute Gasteiger partial charge is 0.484 e. The second kappa shape index (κ2) is 14.1. The summed E-state index contributed by atoms with van der Waals surface area (Å²) in [4.78, 5) is 2.47. The number of furan rings is 2. The SMILES string of the molecule is C1=CC(C2=CCC(N(c3ccc(-c4cccc5c4oc4ccccc45)cc3)c3cccc4c3oc3c4ccc4c3c3ccccc3n4-c3ccccc3)C=C2)C2Oc3ccccc3C2=C1. The van der Waals surface area contributed by atoms with Crippen LogP contribution in [0.1, 0.15) is 12.0 Å². The van der Waals surface area contributed by atoms with E-state index in [1.165, 1.54) is 22.1 Å². The molecule has 4 heterocycles. The van der Waals surface area contributed by atoms with Crippen LogP contribution in [0, 0.1) is 5.92 Å². The zero-order valence-corrected chi connectivity index (χ0v) is 35.3. The Hall–Kier alpha value is -8.28. The maximum absolute atomic E-state index is 7.27. The van der Waals surface area contributed by atoms with Crippen molar-refractivity contribution in [3.05, 3.63) is 224 Å². The quantitative estimate of drug-likeness (QED) is 0.167. The van der Waals surface area contributed by atoms with Gasteiger partial charge in [-0.05, 0) is 78.2 Å². The lowest BCUT2D eigenvalue weighted by Gasteiger charge is -2.34. The second-order valence-electron chi connectivity index (χ2n) is 17.4. The molecule has 3 aromatic heterocycles. The molecule has 3 unspecified atom stereocenters. The Kier molecular flexibility index (Phi) is 7.87. The fraction of sp³-hybridized carbons (Fsp3) is 0.0667. The van der Waals surface area contributed by atoms with Crippen molar-refractivity contribution in [2.24, 2.45) is 5.92 Å². The molecule has 8 aromatic carbocycles. The highest BCUT2D eigenvalue weighted by Crippen LogP contribution is 2.48. The highest BCUT2D eigenvalue weighted by Gasteiger charge is 2.37. The third-order valence-electron chi connectivity index (χ3n) is 13.9. The van der Waals surface area contributed by atoms with Crippen LogP contribution >= 0.6 is 0 Å². The smallest absolute Gasteiger partial charge is 0.159 e. The van der Waals surface area contributed by atoms with Crippen molar-refractivity contribution in [2.75, 3.05) is 4.90 Å². The van der Waals surface area contributed by atoms with Gasteiger partial charge >= 0.3 is 0 Å². The van der Waals surface area contributed by atoms with Gasteiger partial charge in [0.1, 0.15) is 28.6 Å². The van der Waals surface area contributed by atoms with Crippen LogP contribution in [-0.4, -0.2) is 16.7 Å². The van der Waals surface area contributed by atoms with E-state index in [9.17, 15) is 0 Å². The topological polar surface area (TPSA) is 43.7 Å². The zero-order valence-electron chi connectivity index (χ0n) is 35.3. The first-order valence-electron chi connectivity index (χ1n) is 22.5. The minimum absolute atomic E-state index is 0.00602. The Labute approximate surface area is 374 Å². The number of fused-ring (bicyclic) bond motifs is 13. The molecule has 2 aliphatic carbocycles. The summed E-state index contributed by atoms with van der Waals surface area (Å²) in [5.74, 6) is 1.08. The summed E-state index contributed by atoms with van der Waals surface area (Å²) < 4.78 is 22.7. The summed E-state index contributed by atoms with van der Waals surface area (Å²) >= 11 is 0. The van der Waals surface area contributed by atoms with Crippen LogP contribution in [0.2, 0.25) is 0 Å². The minimum Gasteiger partial charge on any atom is -0.484 e. The predicted molar refractivity (Wildman–Crippen MR) is 266 cm³/mol. The summed E-state index contributed by atoms with van der Waals surface area (Å²) in [7, 11) is 0. The molecule has 11 aromatic rings. The van der Waals surface area contributed by atoms with Gasteiger partial charge in [-0.25, -0.2) is 0 Å². The van der Waals surface area contributed by atoms with Gasteiger partial charge in [-0.3, -0.25) is 0 Å². The lowest BCUT2D eigenvalue weighted by atomic mass is 9.81. The van der Waals surface area contributed by atoms with E-state index in [0.29, 0.717) is 0 Å². The Morgan fingerprint density at radius 2 is 1.28 bits per heavy atom. The second-order valence-corrected chi connectivity index (χ2v) is 17.4. The third kappa shape index (κ3) is 5.45. The number of ether oxygens (including phenoxy) is 1. The van der Waals surface area contributed by atoms with Gasteiger partial charge in [-0.15, -0.1) is 0 Å². The van der Waals surface area contributed by atoms with E-state index < -0.39 is 0 Å². The average Bonchev–Trinajstić information content (AvgIpc) is 4.14. The standard InChI is InChI=1S/C60H40N2O3/c1-2-13-39(14-3-1)62-51-23-7-4-17-50(51)56-52(62)36-35-49-48-22-12-24-53(59(48)65-60(49)56)61(40-31-27-37(28-32-40)42-18-10-20-46-44-15-5-8-25-54(44)63-57(42)46)41-33-29-38(30-34-41)43-19-11-21-47-45-16-6-9-26-55(45)64-58(43)47/h1-33,35-36,41,43,58H,34H2. The van der Waals surface area contributed by atoms with Gasteiger partial charge in [0.25, 0.3) is 0 Å². The van der Waals surface area contributed by atoms with Crippen molar-refractivity contribution in [1.82, 2.24) is 4.57 Å². The highest BCUT2D eigenvalue weighted by atomic mass is 16.5. The van der Waals surface area contributed by atoms with Crippen molar-refractivity contribution in [2.45, 2.75) is 18.6 Å². The van der Waals surface area contributed by atoms with Gasteiger partial charge < -0.3 is 23.0 Å². The van der Waals surface area contributed by atoms with Crippen LogP contribution in [0.25, 0.3) is 88.1 Å². The zero-order chi connectivity index (χ0) is 42.6. The fourth-order valence-corrected chi connectivity index (χ4v) is 11.0. The molecule has 0 spiro atoms. The molecule has 0 saturated carbocycles. The number of hydrogen-bond acceptors (Lipinski definition) is 4. The summed E-state index contributed by atoms with van der Waals surface area (Å²) in [6.07, 6.45) is 14.6. The molecule has 5 heteroatoms. The molecule has 0 fully saturated rings. The maximum Gasteiger partial charge on any atom is 0.159 e. The predicted octanol–water partition coefficient (Wildman–Crippen LogP) is 15.7. The third-order valence-corrected chi connectivity index (χ3v) is 13.9. The van der Waals surface area contributed by atoms with Gasteiger partial charge in [0.2, 0.25) is 0 Å². The molecule has 14 rings (SSSR count). The number of nitrogens with zero attached hydrogens (tertiary/aromatic N) is 2. The first-order valence-corrected chi connectivity index (χ1v) is 22.5. The average molecular weight is 837 g/mol. The summed E-state index contributed by atoms with van der Waals surface area (Å²) in [5, 5.41) is 6.74. The maximum atomic E-state index is 7.27. The normalized spacial score (nSPS) is 17.8. The van der Waals surface area contributed by atoms with Crippen molar-refractivity contribution >= 4 is 82.6 Å². The van der Waals surface area contributed by atoms with Gasteiger partial charge in [0.15, 0.2) is 5.58 Å². The molecule has 0 N–H and O–H groups in total. The molecular formula is C60H40N2O3. The molecule has 5 nitrogen and oxygen atoms in total. The van der Waals surface area contributed by atoms with Crippen molar-refractivity contribution in [1.29, 1.82) is 0 Å². The van der Waals surface area contributed by atoms with Crippen molar-refractivity contribution < 1.29 is 13.6 Å². The van der Waals surface area contributed by atoms with Crippen LogP contribution in [0.5, 0.6) is 5.75 Å². The number of anilines is 2. The highest BCUT2D eigenvalue weighted by molar-refractivity contribution is 6.24. The number of rotatable bonds is 6. The molecule has 0 amide bonds. The van der Waals surface area contributed by atoms with Crippen LogP contribution in [0.3, 0.4) is 0 Å². The van der Waals surface area contributed by atoms with E-state index in [1.54, 1.807) is 0 Å². The van der Waals surface area contributed by atoms with E-state index in [4.69, 9.17) is 13.6 Å². The van der Waals surface area contributed by atoms with E-state index in [2.05, 4.69) is 210 Å². The van der Waals surface area contributed by atoms with Gasteiger partial charge in [-0.1, -0.05) is 152 Å². The first kappa shape index (κ1) is 36.2. The molecule has 0 bridgehead atoms. The Bertz CT molecular complexity index is 3860. The minimum atomic E-state index is -0.0429. The van der Waals surface area contributed by atoms with Crippen LogP contribution in [0.15, 0.2) is 227 Å². The van der Waals surface area contributed by atoms with Crippen LogP contribution < -0.4 is 9.64 Å². The van der Waals surface area contributed by atoms with Crippen molar-refractivity contribution in [3.8, 4) is 22.6 Å². The molecule has 65 heavy (non-hydrogen) atoms. The molecular weight excluding hydrogens is 797 g/mol. The lowest BCUT2D eigenvalue weighted by Crippen LogP contribution is -2.32. The summed E-state index contributed by atoms with van der Waals surface area (Å²) in [6, 6.07) is 62.5. The van der Waals surface area contributed by atoms with E-state index in [0.717, 1.165) is 101 Å². The summed E-state index contributed by atoms with van der Waals surface area (Å²) in [6.45, 7) is 0. The summed E-state index contributed by atoms with van der Waals surface area (Å²) in [5.41, 5.74) is 15.0. The Morgan fingerprint density at radius 1 is 0.538 bits per heavy atom. The van der Waals surface area contributed by atoms with E-state index in [-0.39, 0.29) is 18.1 Å². The molecule has 3 atom stereocenters. The van der Waals surface area contributed by atoms with Gasteiger partial charge in [0, 0.05) is 60.9 Å². The van der Waals surface area contributed by atoms with Crippen LogP contribution in [0.4, 0.5) is 11.4 Å². The number of hydrogen-bond donors (Lipinski definition) is 0. The number of aromatic nitrogens is 1. The van der Waals surface area contributed by atoms with Crippen LogP contribution in [-0.2, 0) is 0 Å². The van der Waals surface area contributed by atoms with Gasteiger partial charge in [-0.2, -0.15) is 0 Å². The number of benzene rings is 8. The first-order chi connectivity index (χ1) is 32.2. The monoisotopic (exact) mass is 836 g/mol. The molecule has 3 aliphatic rings.